The fourth-order valence-corrected chi connectivity index (χ4v) is 0.934. The number of rotatable bonds is 6. The third kappa shape index (κ3) is 7.25. The van der Waals surface area contributed by atoms with Gasteiger partial charge in [0.15, 0.2) is 5.79 Å². The van der Waals surface area contributed by atoms with Gasteiger partial charge in [0.05, 0.1) is 13.2 Å². The fourth-order valence-electron chi connectivity index (χ4n) is 0.610. The van der Waals surface area contributed by atoms with Crippen molar-refractivity contribution in [2.24, 2.45) is 0 Å². The van der Waals surface area contributed by atoms with Crippen LogP contribution in [0.3, 0.4) is 0 Å². The van der Waals surface area contributed by atoms with Crippen LogP contribution in [0, 0.1) is 0 Å². The molecule has 0 amide bonds. The lowest BCUT2D eigenvalue weighted by atomic mass is 10.4. The quantitative estimate of drug-likeness (QED) is 0.553. The molecule has 0 aromatic heterocycles. The summed E-state index contributed by atoms with van der Waals surface area (Å²) in [5.74, 6) is -0.457. The van der Waals surface area contributed by atoms with Crippen molar-refractivity contribution < 1.29 is 9.47 Å². The summed E-state index contributed by atoms with van der Waals surface area (Å²) in [4.78, 5) is 0. The molecular formula is C7H14Br2O2. The molecular weight excluding hydrogens is 276 g/mol. The minimum Gasteiger partial charge on any atom is -0.350 e. The van der Waals surface area contributed by atoms with Crippen LogP contribution >= 0.6 is 31.9 Å². The normalized spacial score (nSPS) is 12.0. The molecule has 0 spiro atoms. The second-order valence-electron chi connectivity index (χ2n) is 2.47. The topological polar surface area (TPSA) is 18.5 Å². The van der Waals surface area contributed by atoms with Gasteiger partial charge in [-0.2, -0.15) is 0 Å². The van der Waals surface area contributed by atoms with E-state index in [-0.39, 0.29) is 0 Å². The van der Waals surface area contributed by atoms with Crippen LogP contribution in [0.2, 0.25) is 0 Å². The van der Waals surface area contributed by atoms with Crippen molar-refractivity contribution in [1.29, 1.82) is 0 Å². The highest BCUT2D eigenvalue weighted by Crippen LogP contribution is 2.11. The Morgan fingerprint density at radius 3 is 1.64 bits per heavy atom. The zero-order valence-corrected chi connectivity index (χ0v) is 10.1. The summed E-state index contributed by atoms with van der Waals surface area (Å²) in [6.07, 6.45) is 0. The molecule has 0 radical (unpaired) electrons. The van der Waals surface area contributed by atoms with Gasteiger partial charge in [-0.15, -0.1) is 0 Å². The summed E-state index contributed by atoms with van der Waals surface area (Å²) < 4.78 is 10.8. The molecule has 4 heteroatoms. The van der Waals surface area contributed by atoms with Crippen LogP contribution in [0.1, 0.15) is 13.8 Å². The van der Waals surface area contributed by atoms with E-state index in [0.29, 0.717) is 13.2 Å². The van der Waals surface area contributed by atoms with Crippen LogP contribution in [0.15, 0.2) is 0 Å². The Kier molecular flexibility index (Phi) is 6.91. The molecule has 0 aliphatic heterocycles. The minimum atomic E-state index is -0.457. The SMILES string of the molecule is CC(C)(OCCBr)OCCBr. The molecule has 0 saturated carbocycles. The van der Waals surface area contributed by atoms with E-state index in [2.05, 4.69) is 31.9 Å². The number of alkyl halides is 2. The lowest BCUT2D eigenvalue weighted by Crippen LogP contribution is -2.29. The van der Waals surface area contributed by atoms with Gasteiger partial charge >= 0.3 is 0 Å². The number of hydrogen-bond donors (Lipinski definition) is 0. The first kappa shape index (κ1) is 11.9. The largest absolute Gasteiger partial charge is 0.350 e. The van der Waals surface area contributed by atoms with E-state index in [1.165, 1.54) is 0 Å². The predicted molar refractivity (Wildman–Crippen MR) is 53.6 cm³/mol. The summed E-state index contributed by atoms with van der Waals surface area (Å²) in [5, 5.41) is 1.68. The molecule has 0 heterocycles. The summed E-state index contributed by atoms with van der Waals surface area (Å²) >= 11 is 6.56. The van der Waals surface area contributed by atoms with Crippen molar-refractivity contribution >= 4 is 31.9 Å². The third-order valence-corrected chi connectivity index (χ3v) is 1.70. The summed E-state index contributed by atoms with van der Waals surface area (Å²) in [7, 11) is 0. The molecule has 0 aliphatic carbocycles. The highest BCUT2D eigenvalue weighted by Gasteiger charge is 2.17. The average molecular weight is 290 g/mol. The van der Waals surface area contributed by atoms with Crippen LogP contribution in [-0.2, 0) is 9.47 Å². The Bertz CT molecular complexity index is 86.4. The van der Waals surface area contributed by atoms with Gasteiger partial charge < -0.3 is 9.47 Å². The van der Waals surface area contributed by atoms with E-state index >= 15 is 0 Å². The standard InChI is InChI=1S/C7H14Br2O2/c1-7(2,10-5-3-8)11-6-4-9/h3-6H2,1-2H3. The molecule has 68 valence electrons. The number of hydrogen-bond acceptors (Lipinski definition) is 2. The van der Waals surface area contributed by atoms with Crippen molar-refractivity contribution in [2.75, 3.05) is 23.9 Å². The van der Waals surface area contributed by atoms with Crippen molar-refractivity contribution in [2.45, 2.75) is 19.6 Å². The second-order valence-corrected chi connectivity index (χ2v) is 4.06. The lowest BCUT2D eigenvalue weighted by molar-refractivity contribution is -0.206. The Balaban J connectivity index is 3.43. The van der Waals surface area contributed by atoms with Gasteiger partial charge in [0.1, 0.15) is 0 Å². The molecule has 0 aliphatic rings. The molecule has 0 rings (SSSR count). The summed E-state index contributed by atoms with van der Waals surface area (Å²) in [5.41, 5.74) is 0. The first-order valence-corrected chi connectivity index (χ1v) is 5.76. The van der Waals surface area contributed by atoms with Gasteiger partial charge in [-0.1, -0.05) is 31.9 Å². The summed E-state index contributed by atoms with van der Waals surface area (Å²) in [6.45, 7) is 5.18. The van der Waals surface area contributed by atoms with Crippen molar-refractivity contribution in [3.8, 4) is 0 Å². The summed E-state index contributed by atoms with van der Waals surface area (Å²) in [6, 6.07) is 0. The fraction of sp³-hybridized carbons (Fsp3) is 1.00. The Labute approximate surface area is 84.9 Å². The van der Waals surface area contributed by atoms with Crippen LogP contribution in [0.25, 0.3) is 0 Å². The smallest absolute Gasteiger partial charge is 0.162 e. The van der Waals surface area contributed by atoms with Gasteiger partial charge in [-0.05, 0) is 13.8 Å². The second kappa shape index (κ2) is 6.40. The highest BCUT2D eigenvalue weighted by molar-refractivity contribution is 9.09. The maximum Gasteiger partial charge on any atom is 0.162 e. The number of halogens is 2. The molecule has 0 aromatic carbocycles. The van der Waals surface area contributed by atoms with E-state index in [0.717, 1.165) is 10.7 Å². The van der Waals surface area contributed by atoms with Gasteiger partial charge in [0.2, 0.25) is 0 Å². The van der Waals surface area contributed by atoms with E-state index in [1.807, 2.05) is 13.8 Å². The van der Waals surface area contributed by atoms with Crippen molar-refractivity contribution in [3.05, 3.63) is 0 Å². The molecule has 0 saturated heterocycles. The van der Waals surface area contributed by atoms with Crippen molar-refractivity contribution in [1.82, 2.24) is 0 Å². The molecule has 0 fully saturated rings. The Hall–Kier alpha value is 0.880. The predicted octanol–water partition coefficient (Wildman–Crippen LogP) is 2.55. The van der Waals surface area contributed by atoms with E-state index in [4.69, 9.17) is 9.47 Å². The zero-order valence-electron chi connectivity index (χ0n) is 6.90. The molecule has 0 bridgehead atoms. The number of ether oxygens (including phenoxy) is 2. The van der Waals surface area contributed by atoms with Crippen LogP contribution < -0.4 is 0 Å². The van der Waals surface area contributed by atoms with Crippen LogP contribution in [0.5, 0.6) is 0 Å². The first-order valence-electron chi connectivity index (χ1n) is 3.52. The maximum atomic E-state index is 5.39. The van der Waals surface area contributed by atoms with Crippen molar-refractivity contribution in [3.63, 3.8) is 0 Å². The van der Waals surface area contributed by atoms with Crippen LogP contribution in [-0.4, -0.2) is 29.7 Å². The van der Waals surface area contributed by atoms with E-state index in [1.54, 1.807) is 0 Å². The molecule has 0 unspecified atom stereocenters. The molecule has 0 atom stereocenters. The van der Waals surface area contributed by atoms with Crippen LogP contribution in [0.4, 0.5) is 0 Å². The van der Waals surface area contributed by atoms with E-state index in [9.17, 15) is 0 Å². The van der Waals surface area contributed by atoms with E-state index < -0.39 is 5.79 Å². The first-order chi connectivity index (χ1) is 5.12. The van der Waals surface area contributed by atoms with Gasteiger partial charge in [-0.25, -0.2) is 0 Å². The average Bonchev–Trinajstić information content (AvgIpc) is 1.97. The Morgan fingerprint density at radius 2 is 1.36 bits per heavy atom. The maximum absolute atomic E-state index is 5.39. The Morgan fingerprint density at radius 1 is 1.00 bits per heavy atom. The van der Waals surface area contributed by atoms with Gasteiger partial charge in [0, 0.05) is 10.7 Å². The monoisotopic (exact) mass is 288 g/mol. The highest BCUT2D eigenvalue weighted by atomic mass is 79.9. The molecule has 2 nitrogen and oxygen atoms in total. The molecule has 0 N–H and O–H groups in total. The molecule has 0 aromatic rings. The lowest BCUT2D eigenvalue weighted by Gasteiger charge is -2.24. The third-order valence-electron chi connectivity index (χ3n) is 1.05. The molecule has 11 heavy (non-hydrogen) atoms. The van der Waals surface area contributed by atoms with Gasteiger partial charge in [0.25, 0.3) is 0 Å². The minimum absolute atomic E-state index is 0.457. The zero-order chi connectivity index (χ0) is 8.74. The van der Waals surface area contributed by atoms with Gasteiger partial charge in [-0.3, -0.25) is 0 Å².